The molecule has 1 saturated carbocycles. The Labute approximate surface area is 84.1 Å². The molecule has 0 unspecified atom stereocenters. The van der Waals surface area contributed by atoms with Gasteiger partial charge in [0.1, 0.15) is 5.82 Å². The molecule has 2 N–H and O–H groups in total. The molecule has 1 nitrogen and oxygen atoms in total. The van der Waals surface area contributed by atoms with E-state index in [4.69, 9.17) is 5.73 Å². The van der Waals surface area contributed by atoms with E-state index < -0.39 is 5.54 Å². The summed E-state index contributed by atoms with van der Waals surface area (Å²) in [5.74, 6) is 0.518. The van der Waals surface area contributed by atoms with Crippen molar-refractivity contribution in [1.29, 1.82) is 0 Å². The maximum absolute atomic E-state index is 13.5. The van der Waals surface area contributed by atoms with Crippen molar-refractivity contribution in [3.05, 3.63) is 35.6 Å². The fourth-order valence-electron chi connectivity index (χ4n) is 2.34. The Morgan fingerprint density at radius 3 is 2.64 bits per heavy atom. The van der Waals surface area contributed by atoms with Crippen molar-refractivity contribution in [3.8, 4) is 0 Å². The number of hydrogen-bond acceptors (Lipinski definition) is 1. The van der Waals surface area contributed by atoms with Crippen LogP contribution in [0.5, 0.6) is 0 Å². The second-order valence-electron chi connectivity index (χ2n) is 4.32. The maximum Gasteiger partial charge on any atom is 0.128 e. The van der Waals surface area contributed by atoms with Crippen LogP contribution in [-0.4, -0.2) is 0 Å². The molecular formula is C12H16FN. The summed E-state index contributed by atoms with van der Waals surface area (Å²) >= 11 is 0. The molecule has 0 atom stereocenters. The van der Waals surface area contributed by atoms with E-state index in [0.29, 0.717) is 11.5 Å². The Morgan fingerprint density at radius 2 is 2.07 bits per heavy atom. The van der Waals surface area contributed by atoms with Gasteiger partial charge in [-0.2, -0.15) is 0 Å². The minimum Gasteiger partial charge on any atom is -0.321 e. The van der Waals surface area contributed by atoms with Crippen molar-refractivity contribution in [2.24, 2.45) is 11.7 Å². The van der Waals surface area contributed by atoms with E-state index in [1.807, 2.05) is 6.07 Å². The van der Waals surface area contributed by atoms with E-state index in [2.05, 4.69) is 6.92 Å². The summed E-state index contributed by atoms with van der Waals surface area (Å²) in [7, 11) is 0. The standard InChI is InChI=1S/C12H16FN/c1-2-9-7-12(14,8-9)10-5-3-4-6-11(10)13/h3-6,9H,2,7-8,14H2,1H3. The van der Waals surface area contributed by atoms with Crippen molar-refractivity contribution in [2.45, 2.75) is 31.7 Å². The lowest BCUT2D eigenvalue weighted by Gasteiger charge is -2.45. The first-order chi connectivity index (χ1) is 6.65. The molecule has 0 aromatic heterocycles. The van der Waals surface area contributed by atoms with Crippen molar-refractivity contribution >= 4 is 0 Å². The van der Waals surface area contributed by atoms with Gasteiger partial charge in [0, 0.05) is 11.1 Å². The summed E-state index contributed by atoms with van der Waals surface area (Å²) in [5, 5.41) is 0. The molecule has 0 spiro atoms. The molecule has 0 saturated heterocycles. The van der Waals surface area contributed by atoms with Gasteiger partial charge in [-0.1, -0.05) is 31.5 Å². The zero-order valence-electron chi connectivity index (χ0n) is 8.46. The molecule has 1 aliphatic rings. The highest BCUT2D eigenvalue weighted by Gasteiger charge is 2.42. The van der Waals surface area contributed by atoms with Crippen molar-refractivity contribution in [3.63, 3.8) is 0 Å². The molecule has 0 heterocycles. The van der Waals surface area contributed by atoms with Crippen LogP contribution in [0, 0.1) is 11.7 Å². The van der Waals surface area contributed by atoms with Crippen LogP contribution in [0.3, 0.4) is 0 Å². The van der Waals surface area contributed by atoms with Gasteiger partial charge < -0.3 is 5.73 Å². The molecule has 2 rings (SSSR count). The van der Waals surface area contributed by atoms with Gasteiger partial charge >= 0.3 is 0 Å². The summed E-state index contributed by atoms with van der Waals surface area (Å²) in [6.07, 6.45) is 2.99. The third-order valence-electron chi connectivity index (χ3n) is 3.29. The normalized spacial score (nSPS) is 31.2. The van der Waals surface area contributed by atoms with Crippen LogP contribution < -0.4 is 5.73 Å². The van der Waals surface area contributed by atoms with E-state index in [1.54, 1.807) is 12.1 Å². The average molecular weight is 193 g/mol. The molecule has 14 heavy (non-hydrogen) atoms. The van der Waals surface area contributed by atoms with E-state index in [0.717, 1.165) is 19.3 Å². The molecular weight excluding hydrogens is 177 g/mol. The van der Waals surface area contributed by atoms with Crippen LogP contribution in [0.2, 0.25) is 0 Å². The van der Waals surface area contributed by atoms with Gasteiger partial charge in [-0.05, 0) is 24.8 Å². The highest BCUT2D eigenvalue weighted by atomic mass is 19.1. The fraction of sp³-hybridized carbons (Fsp3) is 0.500. The maximum atomic E-state index is 13.5. The zero-order chi connectivity index (χ0) is 10.2. The Hall–Kier alpha value is -0.890. The van der Waals surface area contributed by atoms with Crippen molar-refractivity contribution in [2.75, 3.05) is 0 Å². The van der Waals surface area contributed by atoms with Gasteiger partial charge in [-0.25, -0.2) is 4.39 Å². The first-order valence-electron chi connectivity index (χ1n) is 5.19. The lowest BCUT2D eigenvalue weighted by Crippen LogP contribution is -2.49. The Bertz CT molecular complexity index is 329. The molecule has 1 fully saturated rings. The lowest BCUT2D eigenvalue weighted by molar-refractivity contribution is 0.139. The predicted octanol–water partition coefficient (Wildman–Crippen LogP) is 2.80. The SMILES string of the molecule is CCC1CC(N)(c2ccccc2F)C1. The largest absolute Gasteiger partial charge is 0.321 e. The van der Waals surface area contributed by atoms with Crippen LogP contribution in [0.15, 0.2) is 24.3 Å². The van der Waals surface area contributed by atoms with Crippen LogP contribution in [0.25, 0.3) is 0 Å². The average Bonchev–Trinajstić information content (AvgIpc) is 2.13. The number of hydrogen-bond donors (Lipinski definition) is 1. The quantitative estimate of drug-likeness (QED) is 0.768. The second-order valence-corrected chi connectivity index (χ2v) is 4.32. The fourth-order valence-corrected chi connectivity index (χ4v) is 2.34. The molecule has 76 valence electrons. The minimum atomic E-state index is -0.397. The van der Waals surface area contributed by atoms with Crippen LogP contribution >= 0.6 is 0 Å². The Kier molecular flexibility index (Phi) is 2.31. The highest BCUT2D eigenvalue weighted by Crippen LogP contribution is 2.45. The summed E-state index contributed by atoms with van der Waals surface area (Å²) in [6.45, 7) is 2.16. The summed E-state index contributed by atoms with van der Waals surface area (Å²) in [5.41, 5.74) is 6.44. The molecule has 1 aromatic carbocycles. The highest BCUT2D eigenvalue weighted by molar-refractivity contribution is 5.28. The number of rotatable bonds is 2. The number of benzene rings is 1. The van der Waals surface area contributed by atoms with Gasteiger partial charge in [0.15, 0.2) is 0 Å². The number of halogens is 1. The van der Waals surface area contributed by atoms with E-state index in [9.17, 15) is 4.39 Å². The Balaban J connectivity index is 2.21. The summed E-state index contributed by atoms with van der Waals surface area (Å²) in [6, 6.07) is 6.86. The zero-order valence-corrected chi connectivity index (χ0v) is 8.46. The Morgan fingerprint density at radius 1 is 1.43 bits per heavy atom. The molecule has 2 heteroatoms. The minimum absolute atomic E-state index is 0.162. The van der Waals surface area contributed by atoms with Gasteiger partial charge in [-0.3, -0.25) is 0 Å². The molecule has 0 radical (unpaired) electrons. The first-order valence-corrected chi connectivity index (χ1v) is 5.19. The van der Waals surface area contributed by atoms with E-state index in [1.165, 1.54) is 6.07 Å². The predicted molar refractivity (Wildman–Crippen MR) is 55.3 cm³/mol. The van der Waals surface area contributed by atoms with Crippen LogP contribution in [0.1, 0.15) is 31.7 Å². The third kappa shape index (κ3) is 1.44. The first kappa shape index (κ1) is 9.66. The summed E-state index contributed by atoms with van der Waals surface area (Å²) < 4.78 is 13.5. The van der Waals surface area contributed by atoms with Crippen molar-refractivity contribution < 1.29 is 4.39 Å². The van der Waals surface area contributed by atoms with E-state index >= 15 is 0 Å². The number of nitrogens with two attached hydrogens (primary N) is 1. The molecule has 1 aliphatic carbocycles. The van der Waals surface area contributed by atoms with Crippen LogP contribution in [-0.2, 0) is 5.54 Å². The van der Waals surface area contributed by atoms with E-state index in [-0.39, 0.29) is 5.82 Å². The van der Waals surface area contributed by atoms with Gasteiger partial charge in [0.25, 0.3) is 0 Å². The van der Waals surface area contributed by atoms with Gasteiger partial charge in [-0.15, -0.1) is 0 Å². The van der Waals surface area contributed by atoms with Gasteiger partial charge in [0.2, 0.25) is 0 Å². The topological polar surface area (TPSA) is 26.0 Å². The third-order valence-corrected chi connectivity index (χ3v) is 3.29. The lowest BCUT2D eigenvalue weighted by atomic mass is 9.64. The molecule has 1 aromatic rings. The monoisotopic (exact) mass is 193 g/mol. The molecule has 0 amide bonds. The smallest absolute Gasteiger partial charge is 0.128 e. The van der Waals surface area contributed by atoms with Crippen LogP contribution in [0.4, 0.5) is 4.39 Å². The summed E-state index contributed by atoms with van der Waals surface area (Å²) in [4.78, 5) is 0. The molecule has 0 bridgehead atoms. The van der Waals surface area contributed by atoms with Crippen molar-refractivity contribution in [1.82, 2.24) is 0 Å². The second kappa shape index (κ2) is 3.35. The van der Waals surface area contributed by atoms with Gasteiger partial charge in [0.05, 0.1) is 0 Å². The molecule has 0 aliphatic heterocycles.